The van der Waals surface area contributed by atoms with Crippen molar-refractivity contribution in [2.24, 2.45) is 5.92 Å². The van der Waals surface area contributed by atoms with Crippen molar-refractivity contribution in [2.45, 2.75) is 71.1 Å². The van der Waals surface area contributed by atoms with E-state index in [1.165, 1.54) is 94.9 Å². The van der Waals surface area contributed by atoms with Crippen molar-refractivity contribution < 1.29 is 16.9 Å². The van der Waals surface area contributed by atoms with Crippen LogP contribution >= 0.6 is 0 Å². The Kier molecular flexibility index (Phi) is 7.63. The first-order chi connectivity index (χ1) is 8.35. The molecule has 3 rings (SSSR count). The summed E-state index contributed by atoms with van der Waals surface area (Å²) in [7, 11) is 0. The zero-order valence-corrected chi connectivity index (χ0v) is 13.1. The van der Waals surface area contributed by atoms with E-state index < -0.39 is 0 Å². The minimum Gasteiger partial charge on any atom is -1.00 e. The summed E-state index contributed by atoms with van der Waals surface area (Å²) < 4.78 is 1.51. The van der Waals surface area contributed by atoms with Crippen LogP contribution in [0.2, 0.25) is 0 Å². The lowest BCUT2D eigenvalue weighted by Crippen LogP contribution is -3.00. The smallest absolute Gasteiger partial charge is 0.0789 e. The number of piperidine rings is 3. The van der Waals surface area contributed by atoms with Gasteiger partial charge in [0, 0.05) is 0 Å². The molecule has 0 amide bonds. The summed E-state index contributed by atoms with van der Waals surface area (Å²) in [5.41, 5.74) is 0. The second-order valence-corrected chi connectivity index (χ2v) is 6.59. The molecule has 3 aliphatic heterocycles. The molecule has 0 aromatic rings. The molecular formula is C16H32ClN. The fourth-order valence-corrected chi connectivity index (χ4v) is 3.88. The van der Waals surface area contributed by atoms with Crippen LogP contribution < -0.4 is 12.4 Å². The molecule has 3 heterocycles. The maximum Gasteiger partial charge on any atom is 0.0789 e. The average Bonchev–Trinajstić information content (AvgIpc) is 2.40. The molecule has 0 aromatic heterocycles. The predicted molar refractivity (Wildman–Crippen MR) is 75.1 cm³/mol. The summed E-state index contributed by atoms with van der Waals surface area (Å²) in [6.07, 6.45) is 14.9. The van der Waals surface area contributed by atoms with Crippen LogP contribution in [-0.4, -0.2) is 30.7 Å². The van der Waals surface area contributed by atoms with Gasteiger partial charge in [0.1, 0.15) is 0 Å². The Bertz CT molecular complexity index is 195. The molecule has 1 nitrogen and oxygen atoms in total. The molecule has 108 valence electrons. The highest BCUT2D eigenvalue weighted by Crippen LogP contribution is 2.33. The van der Waals surface area contributed by atoms with Crippen molar-refractivity contribution in [1.29, 1.82) is 0 Å². The zero-order valence-electron chi connectivity index (χ0n) is 12.3. The Morgan fingerprint density at radius 1 is 0.778 bits per heavy atom. The van der Waals surface area contributed by atoms with Gasteiger partial charge in [0.15, 0.2) is 0 Å². The van der Waals surface area contributed by atoms with E-state index in [0.29, 0.717) is 0 Å². The molecule has 2 bridgehead atoms. The maximum atomic E-state index is 2.30. The van der Waals surface area contributed by atoms with Gasteiger partial charge in [0.25, 0.3) is 0 Å². The molecular weight excluding hydrogens is 242 g/mol. The van der Waals surface area contributed by atoms with Crippen LogP contribution in [-0.2, 0) is 0 Å². The molecule has 3 saturated heterocycles. The van der Waals surface area contributed by atoms with Crippen LogP contribution in [0.3, 0.4) is 0 Å². The third kappa shape index (κ3) is 4.74. The van der Waals surface area contributed by atoms with Crippen LogP contribution in [0.1, 0.15) is 71.1 Å². The number of fused-ring (bicyclic) bond motifs is 3. The third-order valence-electron chi connectivity index (χ3n) is 5.27. The molecule has 3 fully saturated rings. The van der Waals surface area contributed by atoms with Crippen molar-refractivity contribution >= 4 is 0 Å². The van der Waals surface area contributed by atoms with Crippen LogP contribution in [0.5, 0.6) is 0 Å². The Hall–Kier alpha value is 0.250. The number of hydrogen-bond donors (Lipinski definition) is 0. The summed E-state index contributed by atoms with van der Waals surface area (Å²) in [5.74, 6) is 1.11. The Morgan fingerprint density at radius 2 is 1.28 bits per heavy atom. The Morgan fingerprint density at radius 3 is 1.83 bits per heavy atom. The van der Waals surface area contributed by atoms with Crippen LogP contribution in [0.25, 0.3) is 0 Å². The molecule has 0 saturated carbocycles. The molecule has 0 spiro atoms. The number of quaternary nitrogens is 1. The van der Waals surface area contributed by atoms with E-state index in [9.17, 15) is 0 Å². The van der Waals surface area contributed by atoms with E-state index in [-0.39, 0.29) is 12.4 Å². The maximum absolute atomic E-state index is 2.30. The van der Waals surface area contributed by atoms with Gasteiger partial charge in [-0.15, -0.1) is 0 Å². The summed E-state index contributed by atoms with van der Waals surface area (Å²) >= 11 is 0. The normalized spacial score (nSPS) is 30.2. The van der Waals surface area contributed by atoms with E-state index >= 15 is 0 Å². The molecule has 0 aromatic carbocycles. The molecule has 3 aliphatic rings. The molecule has 0 N–H and O–H groups in total. The third-order valence-corrected chi connectivity index (χ3v) is 5.27. The van der Waals surface area contributed by atoms with Gasteiger partial charge in [-0.1, -0.05) is 39.0 Å². The quantitative estimate of drug-likeness (QED) is 0.463. The number of unbranched alkanes of at least 4 members (excludes halogenated alkanes) is 6. The predicted octanol–water partition coefficient (Wildman–Crippen LogP) is 1.37. The second kappa shape index (κ2) is 8.43. The van der Waals surface area contributed by atoms with E-state index in [0.717, 1.165) is 5.92 Å². The Balaban J connectivity index is 0.00000162. The van der Waals surface area contributed by atoms with Gasteiger partial charge in [-0.2, -0.15) is 0 Å². The highest BCUT2D eigenvalue weighted by Gasteiger charge is 2.38. The average molecular weight is 274 g/mol. The molecule has 0 aliphatic carbocycles. The fourth-order valence-electron chi connectivity index (χ4n) is 3.88. The minimum atomic E-state index is 0. The summed E-state index contributed by atoms with van der Waals surface area (Å²) in [5, 5.41) is 0. The van der Waals surface area contributed by atoms with Crippen LogP contribution in [0.4, 0.5) is 0 Å². The first-order valence-electron chi connectivity index (χ1n) is 8.20. The first kappa shape index (κ1) is 16.3. The van der Waals surface area contributed by atoms with E-state index in [4.69, 9.17) is 0 Å². The van der Waals surface area contributed by atoms with Gasteiger partial charge in [-0.3, -0.25) is 0 Å². The lowest BCUT2D eigenvalue weighted by atomic mass is 9.85. The monoisotopic (exact) mass is 273 g/mol. The largest absolute Gasteiger partial charge is 1.00 e. The van der Waals surface area contributed by atoms with Crippen LogP contribution in [0.15, 0.2) is 0 Å². The SMILES string of the molecule is CCCCCCCCC[N+]12CCC(CC1)CC2.[Cl-]. The Labute approximate surface area is 120 Å². The summed E-state index contributed by atoms with van der Waals surface area (Å²) in [6, 6.07) is 0. The molecule has 0 radical (unpaired) electrons. The topological polar surface area (TPSA) is 0 Å². The van der Waals surface area contributed by atoms with Gasteiger partial charge in [-0.25, -0.2) is 0 Å². The van der Waals surface area contributed by atoms with Crippen LogP contribution in [0, 0.1) is 5.92 Å². The fraction of sp³-hybridized carbons (Fsp3) is 1.00. The van der Waals surface area contributed by atoms with Gasteiger partial charge in [0.05, 0.1) is 26.2 Å². The molecule has 0 unspecified atom stereocenters. The minimum absolute atomic E-state index is 0. The zero-order chi connectivity index (χ0) is 12.0. The van der Waals surface area contributed by atoms with Crippen molar-refractivity contribution in [3.63, 3.8) is 0 Å². The van der Waals surface area contributed by atoms with E-state index in [1.807, 2.05) is 0 Å². The van der Waals surface area contributed by atoms with Crippen molar-refractivity contribution in [2.75, 3.05) is 26.2 Å². The van der Waals surface area contributed by atoms with E-state index in [2.05, 4.69) is 6.92 Å². The van der Waals surface area contributed by atoms with Gasteiger partial charge >= 0.3 is 0 Å². The standard InChI is InChI=1S/C16H32N.ClH/c1-2-3-4-5-6-7-8-12-17-13-9-16(10-14-17)11-15-17;/h16H,2-15H2,1H3;1H/q+1;/p-1. The van der Waals surface area contributed by atoms with Gasteiger partial charge in [-0.05, 0) is 38.0 Å². The first-order valence-corrected chi connectivity index (χ1v) is 8.20. The second-order valence-electron chi connectivity index (χ2n) is 6.59. The lowest BCUT2D eigenvalue weighted by molar-refractivity contribution is -0.942. The van der Waals surface area contributed by atoms with E-state index in [1.54, 1.807) is 0 Å². The highest BCUT2D eigenvalue weighted by atomic mass is 35.5. The molecule has 0 atom stereocenters. The molecule has 2 heteroatoms. The van der Waals surface area contributed by atoms with Crippen molar-refractivity contribution in [3.05, 3.63) is 0 Å². The van der Waals surface area contributed by atoms with Crippen molar-refractivity contribution in [3.8, 4) is 0 Å². The highest BCUT2D eigenvalue weighted by molar-refractivity contribution is 4.71. The van der Waals surface area contributed by atoms with Gasteiger partial charge in [0.2, 0.25) is 0 Å². The summed E-state index contributed by atoms with van der Waals surface area (Å²) in [4.78, 5) is 0. The number of rotatable bonds is 8. The number of halogens is 1. The number of hydrogen-bond acceptors (Lipinski definition) is 0. The van der Waals surface area contributed by atoms with Crippen molar-refractivity contribution in [1.82, 2.24) is 0 Å². The van der Waals surface area contributed by atoms with Gasteiger partial charge < -0.3 is 16.9 Å². The number of nitrogens with zero attached hydrogens (tertiary/aromatic N) is 1. The molecule has 18 heavy (non-hydrogen) atoms. The lowest BCUT2D eigenvalue weighted by Gasteiger charge is -2.49. The summed E-state index contributed by atoms with van der Waals surface area (Å²) in [6.45, 7) is 8.35.